The second kappa shape index (κ2) is 9.28. The molecule has 1 fully saturated rings. The number of rotatable bonds is 8. The molecule has 1 atom stereocenters. The lowest BCUT2D eigenvalue weighted by atomic mass is 10.2. The maximum absolute atomic E-state index is 9.00. The summed E-state index contributed by atoms with van der Waals surface area (Å²) >= 11 is 2.04. The van der Waals surface area contributed by atoms with Crippen molar-refractivity contribution in [3.63, 3.8) is 0 Å². The van der Waals surface area contributed by atoms with Crippen molar-refractivity contribution in [3.05, 3.63) is 0 Å². The summed E-state index contributed by atoms with van der Waals surface area (Å²) in [6, 6.07) is 0.470. The van der Waals surface area contributed by atoms with E-state index in [0.717, 1.165) is 43.6 Å². The van der Waals surface area contributed by atoms with E-state index < -0.39 is 0 Å². The van der Waals surface area contributed by atoms with Gasteiger partial charge in [0.25, 0.3) is 0 Å². The summed E-state index contributed by atoms with van der Waals surface area (Å²) in [7, 11) is 0. The molecule has 0 spiro atoms. The minimum absolute atomic E-state index is 0.287. The van der Waals surface area contributed by atoms with Gasteiger partial charge in [0.15, 0.2) is 0 Å². The van der Waals surface area contributed by atoms with Gasteiger partial charge in [-0.25, -0.2) is 0 Å². The van der Waals surface area contributed by atoms with Crippen LogP contribution < -0.4 is 5.32 Å². The Morgan fingerprint density at radius 2 is 2.19 bits per heavy atom. The fourth-order valence-electron chi connectivity index (χ4n) is 1.84. The number of aliphatic hydroxyl groups is 1. The maximum Gasteiger partial charge on any atom is 0.0476 e. The molecule has 2 N–H and O–H groups in total. The lowest BCUT2D eigenvalue weighted by Crippen LogP contribution is -2.34. The summed E-state index contributed by atoms with van der Waals surface area (Å²) in [6.45, 7) is 5.36. The van der Waals surface area contributed by atoms with Crippen LogP contribution >= 0.6 is 11.8 Å². The van der Waals surface area contributed by atoms with E-state index in [1.165, 1.54) is 12.8 Å². The second-order valence-corrected chi connectivity index (χ2v) is 5.64. The minimum Gasteiger partial charge on any atom is -0.396 e. The third-order valence-electron chi connectivity index (χ3n) is 2.86. The molecule has 96 valence electrons. The number of aliphatic hydroxyl groups excluding tert-OH is 1. The van der Waals surface area contributed by atoms with Crippen molar-refractivity contribution < 1.29 is 9.84 Å². The fourth-order valence-corrected chi connectivity index (χ4v) is 3.16. The highest BCUT2D eigenvalue weighted by atomic mass is 32.2. The summed E-state index contributed by atoms with van der Waals surface area (Å²) in [5.74, 6) is 1.12. The number of hydrogen-bond acceptors (Lipinski definition) is 4. The van der Waals surface area contributed by atoms with Gasteiger partial charge < -0.3 is 15.2 Å². The van der Waals surface area contributed by atoms with Crippen molar-refractivity contribution in [2.24, 2.45) is 0 Å². The first-order chi connectivity index (χ1) is 7.86. The molecule has 0 radical (unpaired) electrons. The first-order valence-corrected chi connectivity index (χ1v) is 7.45. The fraction of sp³-hybridized carbons (Fsp3) is 1.00. The Morgan fingerprint density at radius 3 is 2.81 bits per heavy atom. The van der Waals surface area contributed by atoms with Crippen LogP contribution in [0.15, 0.2) is 0 Å². The van der Waals surface area contributed by atoms with Gasteiger partial charge in [0.1, 0.15) is 0 Å². The summed E-state index contributed by atoms with van der Waals surface area (Å²) in [6.07, 6.45) is 4.40. The Labute approximate surface area is 103 Å². The summed E-state index contributed by atoms with van der Waals surface area (Å²) in [5, 5.41) is 13.3. The largest absolute Gasteiger partial charge is 0.396 e. The third-order valence-corrected chi connectivity index (χ3v) is 4.40. The normalized spacial score (nSPS) is 19.9. The first kappa shape index (κ1) is 14.3. The molecule has 0 amide bonds. The topological polar surface area (TPSA) is 41.5 Å². The third kappa shape index (κ3) is 6.09. The SMILES string of the molecule is CCCNC(CCO)CSC1CCOCC1. The highest BCUT2D eigenvalue weighted by molar-refractivity contribution is 7.99. The quantitative estimate of drug-likeness (QED) is 0.684. The van der Waals surface area contributed by atoms with Gasteiger partial charge in [0.05, 0.1) is 0 Å². The van der Waals surface area contributed by atoms with Crippen LogP contribution in [0.4, 0.5) is 0 Å². The molecule has 0 bridgehead atoms. The van der Waals surface area contributed by atoms with E-state index in [1.54, 1.807) is 0 Å². The van der Waals surface area contributed by atoms with Crippen LogP contribution in [0.2, 0.25) is 0 Å². The van der Waals surface area contributed by atoms with Crippen molar-refractivity contribution in [1.29, 1.82) is 0 Å². The second-order valence-electron chi connectivity index (χ2n) is 4.31. The molecule has 1 saturated heterocycles. The molecular formula is C12H25NO2S. The van der Waals surface area contributed by atoms with Crippen LogP contribution in [0.3, 0.4) is 0 Å². The van der Waals surface area contributed by atoms with Crippen molar-refractivity contribution in [2.75, 3.05) is 32.1 Å². The summed E-state index contributed by atoms with van der Waals surface area (Å²) in [4.78, 5) is 0. The van der Waals surface area contributed by atoms with Crippen LogP contribution in [-0.2, 0) is 4.74 Å². The standard InChI is InChI=1S/C12H25NO2S/c1-2-6-13-11(3-7-14)10-16-12-4-8-15-9-5-12/h11-14H,2-10H2,1H3. The van der Waals surface area contributed by atoms with Crippen molar-refractivity contribution in [2.45, 2.75) is 43.9 Å². The van der Waals surface area contributed by atoms with Crippen molar-refractivity contribution >= 4 is 11.8 Å². The van der Waals surface area contributed by atoms with Crippen molar-refractivity contribution in [1.82, 2.24) is 5.32 Å². The Balaban J connectivity index is 2.14. The lowest BCUT2D eigenvalue weighted by molar-refractivity contribution is 0.1000. The number of ether oxygens (including phenoxy) is 1. The molecular weight excluding hydrogens is 222 g/mol. The summed E-state index contributed by atoms with van der Waals surface area (Å²) < 4.78 is 5.35. The van der Waals surface area contributed by atoms with Crippen LogP contribution in [0, 0.1) is 0 Å². The molecule has 0 saturated carbocycles. The molecule has 0 aromatic carbocycles. The van der Waals surface area contributed by atoms with E-state index in [4.69, 9.17) is 9.84 Å². The van der Waals surface area contributed by atoms with Gasteiger partial charge in [-0.1, -0.05) is 6.92 Å². The molecule has 1 aliphatic rings. The first-order valence-electron chi connectivity index (χ1n) is 6.40. The molecule has 16 heavy (non-hydrogen) atoms. The minimum atomic E-state index is 0.287. The molecule has 0 aromatic rings. The van der Waals surface area contributed by atoms with E-state index in [1.807, 2.05) is 11.8 Å². The van der Waals surface area contributed by atoms with Crippen molar-refractivity contribution in [3.8, 4) is 0 Å². The van der Waals surface area contributed by atoms with Gasteiger partial charge in [-0.3, -0.25) is 0 Å². The van der Waals surface area contributed by atoms with Crippen LogP contribution in [-0.4, -0.2) is 48.5 Å². The Hall–Kier alpha value is 0.230. The van der Waals surface area contributed by atoms with Crippen LogP contribution in [0.1, 0.15) is 32.6 Å². The molecule has 1 aliphatic heterocycles. The highest BCUT2D eigenvalue weighted by Crippen LogP contribution is 2.23. The van der Waals surface area contributed by atoms with E-state index in [9.17, 15) is 0 Å². The van der Waals surface area contributed by atoms with Crippen LogP contribution in [0.25, 0.3) is 0 Å². The van der Waals surface area contributed by atoms with Crippen LogP contribution in [0.5, 0.6) is 0 Å². The molecule has 1 rings (SSSR count). The Kier molecular flexibility index (Phi) is 8.29. The van der Waals surface area contributed by atoms with E-state index >= 15 is 0 Å². The zero-order valence-corrected chi connectivity index (χ0v) is 11.1. The van der Waals surface area contributed by atoms with E-state index in [-0.39, 0.29) is 6.61 Å². The molecule has 3 nitrogen and oxygen atoms in total. The van der Waals surface area contributed by atoms with E-state index in [2.05, 4.69) is 12.2 Å². The van der Waals surface area contributed by atoms with Gasteiger partial charge in [0, 0.05) is 36.9 Å². The molecule has 1 unspecified atom stereocenters. The summed E-state index contributed by atoms with van der Waals surface area (Å²) in [5.41, 5.74) is 0. The molecule has 1 heterocycles. The van der Waals surface area contributed by atoms with Gasteiger partial charge in [-0.15, -0.1) is 0 Å². The molecule has 0 aliphatic carbocycles. The zero-order valence-electron chi connectivity index (χ0n) is 10.3. The molecule has 4 heteroatoms. The predicted molar refractivity (Wildman–Crippen MR) is 70.1 cm³/mol. The Bertz CT molecular complexity index is 163. The number of thioether (sulfide) groups is 1. The average molecular weight is 247 g/mol. The van der Waals surface area contributed by atoms with Gasteiger partial charge >= 0.3 is 0 Å². The number of hydrogen-bond donors (Lipinski definition) is 2. The Morgan fingerprint density at radius 1 is 1.44 bits per heavy atom. The lowest BCUT2D eigenvalue weighted by Gasteiger charge is -2.24. The van der Waals surface area contributed by atoms with Gasteiger partial charge in [-0.05, 0) is 32.2 Å². The number of nitrogens with one attached hydrogen (secondary N) is 1. The monoisotopic (exact) mass is 247 g/mol. The maximum atomic E-state index is 9.00. The van der Waals surface area contributed by atoms with Gasteiger partial charge in [-0.2, -0.15) is 11.8 Å². The van der Waals surface area contributed by atoms with Gasteiger partial charge in [0.2, 0.25) is 0 Å². The zero-order chi connectivity index (χ0) is 11.6. The van der Waals surface area contributed by atoms with E-state index in [0.29, 0.717) is 6.04 Å². The highest BCUT2D eigenvalue weighted by Gasteiger charge is 2.16. The predicted octanol–water partition coefficient (Wildman–Crippen LogP) is 1.65. The average Bonchev–Trinajstić information content (AvgIpc) is 2.34. The smallest absolute Gasteiger partial charge is 0.0476 e. The molecule has 0 aromatic heterocycles.